The number of carbonyl (C=O) groups is 3. The summed E-state index contributed by atoms with van der Waals surface area (Å²) in [5, 5.41) is 7.92. The lowest BCUT2D eigenvalue weighted by molar-refractivity contribution is -0.136. The average molecular weight is 418 g/mol. The lowest BCUT2D eigenvalue weighted by atomic mass is 9.97. The van der Waals surface area contributed by atoms with E-state index < -0.39 is 17.6 Å². The molecule has 5 rings (SSSR count). The number of carbonyl (C=O) groups excluding carboxylic acids is 3. The van der Waals surface area contributed by atoms with E-state index in [9.17, 15) is 14.4 Å². The molecule has 1 aliphatic heterocycles. The number of hydrogen-bond acceptors (Lipinski definition) is 3. The molecular weight excluding hydrogens is 392 g/mol. The zero-order chi connectivity index (χ0) is 21.8. The minimum absolute atomic E-state index is 0.279. The van der Waals surface area contributed by atoms with Gasteiger partial charge >= 0.3 is 6.03 Å². The Morgan fingerprint density at radius 3 is 2.55 bits per heavy atom. The molecule has 3 aromatic rings. The van der Waals surface area contributed by atoms with E-state index in [1.54, 1.807) is 6.92 Å². The maximum Gasteiger partial charge on any atom is 0.325 e. The first-order valence-corrected chi connectivity index (χ1v) is 10.9. The van der Waals surface area contributed by atoms with Crippen molar-refractivity contribution >= 4 is 45.3 Å². The van der Waals surface area contributed by atoms with Crippen LogP contribution in [-0.4, -0.2) is 38.9 Å². The Hall–Kier alpha value is -3.35. The van der Waals surface area contributed by atoms with Crippen LogP contribution in [0, 0.1) is 0 Å². The Kier molecular flexibility index (Phi) is 4.50. The fourth-order valence-electron chi connectivity index (χ4n) is 5.15. The van der Waals surface area contributed by atoms with E-state index in [1.807, 2.05) is 30.3 Å². The van der Waals surface area contributed by atoms with Crippen LogP contribution < -0.4 is 10.6 Å². The van der Waals surface area contributed by atoms with Crippen molar-refractivity contribution < 1.29 is 14.4 Å². The van der Waals surface area contributed by atoms with Gasteiger partial charge in [-0.15, -0.1) is 0 Å². The molecule has 4 amide bonds. The Morgan fingerprint density at radius 2 is 1.81 bits per heavy atom. The lowest BCUT2D eigenvalue weighted by Gasteiger charge is -2.23. The van der Waals surface area contributed by atoms with Gasteiger partial charge in [-0.25, -0.2) is 9.69 Å². The van der Waals surface area contributed by atoms with Crippen LogP contribution >= 0.6 is 0 Å². The third-order valence-corrected chi connectivity index (χ3v) is 6.77. The zero-order valence-electron chi connectivity index (χ0n) is 17.8. The molecule has 1 spiro atoms. The van der Waals surface area contributed by atoms with Gasteiger partial charge in [-0.05, 0) is 51.0 Å². The molecule has 1 atom stereocenters. The number of nitrogens with one attached hydrogen (secondary N) is 2. The van der Waals surface area contributed by atoms with Gasteiger partial charge in [0, 0.05) is 34.0 Å². The topological polar surface area (TPSA) is 83.4 Å². The number of aryl methyl sites for hydroxylation is 1. The van der Waals surface area contributed by atoms with Gasteiger partial charge in [0.05, 0.1) is 0 Å². The van der Waals surface area contributed by atoms with E-state index in [1.165, 1.54) is 0 Å². The second-order valence-corrected chi connectivity index (χ2v) is 8.55. The molecule has 2 aromatic carbocycles. The van der Waals surface area contributed by atoms with Crippen molar-refractivity contribution in [2.24, 2.45) is 0 Å². The maximum absolute atomic E-state index is 13.0. The van der Waals surface area contributed by atoms with Crippen LogP contribution in [0.5, 0.6) is 0 Å². The Bertz CT molecular complexity index is 1220. The number of imide groups is 1. The van der Waals surface area contributed by atoms with Crippen molar-refractivity contribution in [3.05, 3.63) is 42.5 Å². The number of urea groups is 1. The number of para-hydroxylation sites is 1. The molecule has 7 nitrogen and oxygen atoms in total. The van der Waals surface area contributed by atoms with Gasteiger partial charge in [-0.2, -0.15) is 0 Å². The van der Waals surface area contributed by atoms with Crippen molar-refractivity contribution in [2.75, 3.05) is 5.32 Å². The van der Waals surface area contributed by atoms with Gasteiger partial charge in [-0.1, -0.05) is 31.0 Å². The number of amides is 4. The first-order valence-electron chi connectivity index (χ1n) is 10.9. The third-order valence-electron chi connectivity index (χ3n) is 6.77. The van der Waals surface area contributed by atoms with Gasteiger partial charge in [-0.3, -0.25) is 9.59 Å². The molecule has 31 heavy (non-hydrogen) atoms. The summed E-state index contributed by atoms with van der Waals surface area (Å²) in [6, 6.07) is 12.7. The number of hydrogen-bond donors (Lipinski definition) is 2. The van der Waals surface area contributed by atoms with E-state index in [0.717, 1.165) is 46.1 Å². The first-order chi connectivity index (χ1) is 14.9. The van der Waals surface area contributed by atoms with Crippen LogP contribution in [0.3, 0.4) is 0 Å². The van der Waals surface area contributed by atoms with E-state index in [2.05, 4.69) is 34.3 Å². The molecule has 2 aliphatic rings. The monoisotopic (exact) mass is 418 g/mol. The summed E-state index contributed by atoms with van der Waals surface area (Å²) in [4.78, 5) is 39.5. The second kappa shape index (κ2) is 7.11. The average Bonchev–Trinajstić information content (AvgIpc) is 3.43. The number of fused-ring (bicyclic) bond motifs is 3. The zero-order valence-corrected chi connectivity index (χ0v) is 17.8. The molecule has 2 fully saturated rings. The fourth-order valence-corrected chi connectivity index (χ4v) is 5.15. The van der Waals surface area contributed by atoms with Gasteiger partial charge < -0.3 is 15.2 Å². The standard InChI is InChI=1S/C24H26N4O3/c1-3-27-19-9-5-4-8-17(19)18-14-16(10-11-20(18)27)25-21(29)15(2)28-22(30)24(26-23(28)31)12-6-7-13-24/h4-5,8-11,14-15H,3,6-7,12-13H2,1-2H3,(H,25,29)(H,26,31). The largest absolute Gasteiger partial charge is 0.341 e. The van der Waals surface area contributed by atoms with Crippen LogP contribution in [0.4, 0.5) is 10.5 Å². The minimum atomic E-state index is -0.889. The van der Waals surface area contributed by atoms with E-state index >= 15 is 0 Å². The second-order valence-electron chi connectivity index (χ2n) is 8.55. The highest BCUT2D eigenvalue weighted by Gasteiger charge is 2.54. The highest BCUT2D eigenvalue weighted by Crippen LogP contribution is 2.36. The quantitative estimate of drug-likeness (QED) is 0.628. The molecule has 2 heterocycles. The van der Waals surface area contributed by atoms with Gasteiger partial charge in [0.2, 0.25) is 5.91 Å². The molecule has 1 saturated carbocycles. The van der Waals surface area contributed by atoms with E-state index in [-0.39, 0.29) is 11.8 Å². The highest BCUT2D eigenvalue weighted by atomic mass is 16.2. The van der Waals surface area contributed by atoms with Crippen molar-refractivity contribution in [3.8, 4) is 0 Å². The molecule has 160 valence electrons. The predicted molar refractivity (Wildman–Crippen MR) is 120 cm³/mol. The molecule has 1 aliphatic carbocycles. The summed E-state index contributed by atoms with van der Waals surface area (Å²) in [5.41, 5.74) is 2.09. The van der Waals surface area contributed by atoms with Crippen molar-refractivity contribution in [2.45, 2.75) is 57.7 Å². The van der Waals surface area contributed by atoms with Crippen LogP contribution in [0.2, 0.25) is 0 Å². The molecule has 2 N–H and O–H groups in total. The molecular formula is C24H26N4O3. The summed E-state index contributed by atoms with van der Waals surface area (Å²) < 4.78 is 2.24. The lowest BCUT2D eigenvalue weighted by Crippen LogP contribution is -2.48. The Labute approximate surface area is 180 Å². The van der Waals surface area contributed by atoms with Gasteiger partial charge in [0.25, 0.3) is 5.91 Å². The number of anilines is 1. The summed E-state index contributed by atoms with van der Waals surface area (Å²) in [5.74, 6) is -0.656. The third kappa shape index (κ3) is 2.91. The number of benzene rings is 2. The smallest absolute Gasteiger partial charge is 0.325 e. The molecule has 1 unspecified atom stereocenters. The fraction of sp³-hybridized carbons (Fsp3) is 0.375. The minimum Gasteiger partial charge on any atom is -0.341 e. The maximum atomic E-state index is 13.0. The Morgan fingerprint density at radius 1 is 1.10 bits per heavy atom. The van der Waals surface area contributed by atoms with Crippen LogP contribution in [-0.2, 0) is 16.1 Å². The van der Waals surface area contributed by atoms with Crippen LogP contribution in [0.25, 0.3) is 21.8 Å². The van der Waals surface area contributed by atoms with Crippen molar-refractivity contribution in [3.63, 3.8) is 0 Å². The summed E-state index contributed by atoms with van der Waals surface area (Å²) >= 11 is 0. The molecule has 1 aromatic heterocycles. The number of rotatable bonds is 4. The molecule has 1 saturated heterocycles. The highest BCUT2D eigenvalue weighted by molar-refractivity contribution is 6.12. The predicted octanol–water partition coefficient (Wildman–Crippen LogP) is 4.01. The van der Waals surface area contributed by atoms with Gasteiger partial charge in [0.15, 0.2) is 0 Å². The number of nitrogens with zero attached hydrogens (tertiary/aromatic N) is 2. The van der Waals surface area contributed by atoms with Crippen molar-refractivity contribution in [1.29, 1.82) is 0 Å². The van der Waals surface area contributed by atoms with Crippen LogP contribution in [0.15, 0.2) is 42.5 Å². The van der Waals surface area contributed by atoms with E-state index in [4.69, 9.17) is 0 Å². The number of aromatic nitrogens is 1. The summed E-state index contributed by atoms with van der Waals surface area (Å²) in [6.45, 7) is 4.56. The molecule has 7 heteroatoms. The van der Waals surface area contributed by atoms with Crippen molar-refractivity contribution in [1.82, 2.24) is 14.8 Å². The SMILES string of the molecule is CCn1c2ccccc2c2cc(NC(=O)C(C)N3C(=O)NC4(CCCC4)C3=O)ccc21. The molecule has 0 radical (unpaired) electrons. The van der Waals surface area contributed by atoms with Crippen LogP contribution in [0.1, 0.15) is 39.5 Å². The Balaban J connectivity index is 1.42. The first kappa shape index (κ1) is 19.6. The molecule has 0 bridgehead atoms. The summed E-state index contributed by atoms with van der Waals surface area (Å²) in [7, 11) is 0. The normalized spacial score (nSPS) is 18.8. The van der Waals surface area contributed by atoms with Gasteiger partial charge in [0.1, 0.15) is 11.6 Å². The van der Waals surface area contributed by atoms with E-state index in [0.29, 0.717) is 18.5 Å². The summed E-state index contributed by atoms with van der Waals surface area (Å²) in [6.07, 6.45) is 3.10.